The minimum absolute atomic E-state index is 0.150. The molecule has 0 amide bonds. The zero-order chi connectivity index (χ0) is 12.2. The molecule has 16 heavy (non-hydrogen) atoms. The van der Waals surface area contributed by atoms with E-state index < -0.39 is 15.3 Å². The van der Waals surface area contributed by atoms with Crippen LogP contribution in [0.2, 0.25) is 0 Å². The minimum Gasteiger partial charge on any atom is -0.271 e. The Morgan fingerprint density at radius 2 is 2.38 bits per heavy atom. The number of aromatic nitrogens is 2. The molecule has 0 aromatic carbocycles. The van der Waals surface area contributed by atoms with Gasteiger partial charge in [-0.25, -0.2) is 13.1 Å². The van der Waals surface area contributed by atoms with Gasteiger partial charge in [0, 0.05) is 13.2 Å². The first-order valence-electron chi connectivity index (χ1n) is 4.86. The third-order valence-corrected chi connectivity index (χ3v) is 4.00. The normalized spacial score (nSPS) is 13.3. The number of sulfonamides is 1. The molecule has 6 nitrogen and oxygen atoms in total. The summed E-state index contributed by atoms with van der Waals surface area (Å²) in [6.45, 7) is 1.81. The lowest BCUT2D eigenvalue weighted by atomic mass is 10.4. The van der Waals surface area contributed by atoms with Crippen molar-refractivity contribution < 1.29 is 8.42 Å². The second-order valence-corrected chi connectivity index (χ2v) is 5.29. The summed E-state index contributed by atoms with van der Waals surface area (Å²) in [6, 6.07) is 3.48. The first kappa shape index (κ1) is 12.7. The SMILES string of the molecule is CCC(C#N)S(=O)(=O)NCc1ccnn1C. The standard InChI is InChI=1S/C9H14N4O2S/c1-3-9(6-10)16(14,15)12-7-8-4-5-11-13(8)2/h4-5,9,12H,3,7H2,1-2H3. The summed E-state index contributed by atoms with van der Waals surface area (Å²) in [5, 5.41) is 11.6. The number of hydrogen-bond donors (Lipinski definition) is 1. The van der Waals surface area contributed by atoms with E-state index in [0.717, 1.165) is 5.69 Å². The zero-order valence-electron chi connectivity index (χ0n) is 9.21. The number of aryl methyl sites for hydroxylation is 1. The average molecular weight is 242 g/mol. The Balaban J connectivity index is 2.69. The highest BCUT2D eigenvalue weighted by atomic mass is 32.2. The second-order valence-electron chi connectivity index (χ2n) is 3.34. The number of hydrogen-bond acceptors (Lipinski definition) is 4. The fraction of sp³-hybridized carbons (Fsp3) is 0.556. The van der Waals surface area contributed by atoms with E-state index in [1.807, 2.05) is 0 Å². The van der Waals surface area contributed by atoms with E-state index in [-0.39, 0.29) is 13.0 Å². The van der Waals surface area contributed by atoms with Crippen molar-refractivity contribution in [2.45, 2.75) is 25.1 Å². The van der Waals surface area contributed by atoms with Gasteiger partial charge in [0.25, 0.3) is 0 Å². The summed E-state index contributed by atoms with van der Waals surface area (Å²) in [5.74, 6) is 0. The van der Waals surface area contributed by atoms with Crippen molar-refractivity contribution in [1.82, 2.24) is 14.5 Å². The molecule has 0 aliphatic carbocycles. The maximum Gasteiger partial charge on any atom is 0.228 e. The Labute approximate surface area is 94.9 Å². The van der Waals surface area contributed by atoms with Crippen LogP contribution in [0.4, 0.5) is 0 Å². The van der Waals surface area contributed by atoms with E-state index in [9.17, 15) is 8.42 Å². The molecule has 1 aromatic rings. The van der Waals surface area contributed by atoms with Crippen molar-refractivity contribution in [1.29, 1.82) is 5.26 Å². The smallest absolute Gasteiger partial charge is 0.228 e. The van der Waals surface area contributed by atoms with Gasteiger partial charge in [0.15, 0.2) is 5.25 Å². The van der Waals surface area contributed by atoms with Gasteiger partial charge in [0.05, 0.1) is 18.3 Å². The Kier molecular flexibility index (Phi) is 4.04. The predicted molar refractivity (Wildman–Crippen MR) is 58.7 cm³/mol. The van der Waals surface area contributed by atoms with Crippen molar-refractivity contribution >= 4 is 10.0 Å². The van der Waals surface area contributed by atoms with E-state index >= 15 is 0 Å². The lowest BCUT2D eigenvalue weighted by molar-refractivity contribution is 0.568. The number of nitrogens with one attached hydrogen (secondary N) is 1. The highest BCUT2D eigenvalue weighted by Crippen LogP contribution is 2.04. The highest BCUT2D eigenvalue weighted by molar-refractivity contribution is 7.90. The molecule has 1 atom stereocenters. The van der Waals surface area contributed by atoms with Crippen molar-refractivity contribution in [2.75, 3.05) is 0 Å². The largest absolute Gasteiger partial charge is 0.271 e. The molecule has 0 aliphatic heterocycles. The second kappa shape index (κ2) is 5.09. The molecular formula is C9H14N4O2S. The Morgan fingerprint density at radius 3 is 2.81 bits per heavy atom. The van der Waals surface area contributed by atoms with Crippen LogP contribution < -0.4 is 4.72 Å². The zero-order valence-corrected chi connectivity index (χ0v) is 10.0. The molecule has 0 fully saturated rings. The molecule has 1 rings (SSSR count). The molecular weight excluding hydrogens is 228 g/mol. The summed E-state index contributed by atoms with van der Waals surface area (Å²) in [6.07, 6.45) is 1.86. The first-order valence-corrected chi connectivity index (χ1v) is 6.41. The number of nitriles is 1. The predicted octanol–water partition coefficient (Wildman–Crippen LogP) is 0.142. The molecule has 88 valence electrons. The van der Waals surface area contributed by atoms with Gasteiger partial charge >= 0.3 is 0 Å². The maximum atomic E-state index is 11.6. The van der Waals surface area contributed by atoms with Gasteiger partial charge in [-0.1, -0.05) is 6.92 Å². The molecule has 1 heterocycles. The van der Waals surface area contributed by atoms with Crippen LogP contribution in [0, 0.1) is 11.3 Å². The maximum absolute atomic E-state index is 11.6. The fourth-order valence-corrected chi connectivity index (χ4v) is 2.36. The van der Waals surface area contributed by atoms with Gasteiger partial charge < -0.3 is 0 Å². The molecule has 1 unspecified atom stereocenters. The van der Waals surface area contributed by atoms with Gasteiger partial charge in [-0.15, -0.1) is 0 Å². The molecule has 0 radical (unpaired) electrons. The summed E-state index contributed by atoms with van der Waals surface area (Å²) < 4.78 is 27.2. The van der Waals surface area contributed by atoms with Crippen LogP contribution in [-0.4, -0.2) is 23.4 Å². The minimum atomic E-state index is -3.57. The van der Waals surface area contributed by atoms with E-state index in [2.05, 4.69) is 9.82 Å². The lowest BCUT2D eigenvalue weighted by Crippen LogP contribution is -2.33. The molecule has 0 spiro atoms. The van der Waals surface area contributed by atoms with Crippen LogP contribution in [0.15, 0.2) is 12.3 Å². The third-order valence-electron chi connectivity index (χ3n) is 2.27. The molecule has 1 aromatic heterocycles. The highest BCUT2D eigenvalue weighted by Gasteiger charge is 2.22. The van der Waals surface area contributed by atoms with Crippen molar-refractivity contribution in [2.24, 2.45) is 7.05 Å². The third kappa shape index (κ3) is 2.81. The summed E-state index contributed by atoms with van der Waals surface area (Å²) in [7, 11) is -1.84. The molecule has 0 saturated carbocycles. The van der Waals surface area contributed by atoms with E-state index in [1.165, 1.54) is 0 Å². The van der Waals surface area contributed by atoms with Crippen LogP contribution in [0.3, 0.4) is 0 Å². The van der Waals surface area contributed by atoms with Crippen molar-refractivity contribution in [3.05, 3.63) is 18.0 Å². The quantitative estimate of drug-likeness (QED) is 0.795. The molecule has 1 N–H and O–H groups in total. The molecule has 0 saturated heterocycles. The molecule has 7 heteroatoms. The van der Waals surface area contributed by atoms with Gasteiger partial charge in [0.1, 0.15) is 0 Å². The van der Waals surface area contributed by atoms with Crippen LogP contribution in [0.1, 0.15) is 19.0 Å². The summed E-state index contributed by atoms with van der Waals surface area (Å²) in [4.78, 5) is 0. The van der Waals surface area contributed by atoms with E-state index in [4.69, 9.17) is 5.26 Å². The monoisotopic (exact) mass is 242 g/mol. The Morgan fingerprint density at radius 1 is 1.69 bits per heavy atom. The fourth-order valence-electron chi connectivity index (χ4n) is 1.23. The molecule has 0 bridgehead atoms. The van der Waals surface area contributed by atoms with Crippen LogP contribution in [0.25, 0.3) is 0 Å². The van der Waals surface area contributed by atoms with Gasteiger partial charge in [-0.3, -0.25) is 4.68 Å². The Bertz CT molecular complexity index is 486. The number of rotatable bonds is 5. The van der Waals surface area contributed by atoms with Crippen molar-refractivity contribution in [3.63, 3.8) is 0 Å². The number of nitrogens with zero attached hydrogens (tertiary/aromatic N) is 3. The van der Waals surface area contributed by atoms with Crippen molar-refractivity contribution in [3.8, 4) is 6.07 Å². The van der Waals surface area contributed by atoms with E-state index in [0.29, 0.717) is 0 Å². The first-order chi connectivity index (χ1) is 7.51. The van der Waals surface area contributed by atoms with Gasteiger partial charge in [-0.05, 0) is 12.5 Å². The molecule has 0 aliphatic rings. The lowest BCUT2D eigenvalue weighted by Gasteiger charge is -2.09. The van der Waals surface area contributed by atoms with Gasteiger partial charge in [0.2, 0.25) is 10.0 Å². The summed E-state index contributed by atoms with van der Waals surface area (Å²) in [5.41, 5.74) is 0.747. The summed E-state index contributed by atoms with van der Waals surface area (Å²) >= 11 is 0. The Hall–Kier alpha value is -1.39. The van der Waals surface area contributed by atoms with E-state index in [1.54, 1.807) is 37.0 Å². The van der Waals surface area contributed by atoms with Gasteiger partial charge in [-0.2, -0.15) is 10.4 Å². The van der Waals surface area contributed by atoms with Crippen LogP contribution in [0.5, 0.6) is 0 Å². The van der Waals surface area contributed by atoms with Crippen LogP contribution in [-0.2, 0) is 23.6 Å². The average Bonchev–Trinajstić information content (AvgIpc) is 2.62. The van der Waals surface area contributed by atoms with Crippen LogP contribution >= 0.6 is 0 Å². The topological polar surface area (TPSA) is 87.8 Å².